The van der Waals surface area contributed by atoms with E-state index in [0.717, 1.165) is 6.26 Å². The van der Waals surface area contributed by atoms with Gasteiger partial charge >= 0.3 is 0 Å². The Hall–Kier alpha value is -1.89. The largest absolute Gasteiger partial charge is 0.396 e. The maximum absolute atomic E-state index is 13.6. The maximum atomic E-state index is 13.6. The van der Waals surface area contributed by atoms with Crippen molar-refractivity contribution in [2.24, 2.45) is 0 Å². The topological polar surface area (TPSA) is 78.0 Å². The zero-order valence-electron chi connectivity index (χ0n) is 9.67. The number of rotatable bonds is 3. The molecule has 0 spiro atoms. The molecule has 5 nitrogen and oxygen atoms in total. The molecule has 2 aromatic rings. The number of hydrogen-bond acceptors (Lipinski definition) is 4. The van der Waals surface area contributed by atoms with Gasteiger partial charge in [-0.25, -0.2) is 12.8 Å². The lowest BCUT2D eigenvalue weighted by molar-refractivity contribution is 0.588. The van der Waals surface area contributed by atoms with Crippen molar-refractivity contribution in [3.8, 4) is 0 Å². The molecule has 0 amide bonds. The molecule has 0 aliphatic heterocycles. The maximum Gasteiger partial charge on any atom is 0.178 e. The number of halogens is 1. The van der Waals surface area contributed by atoms with E-state index in [2.05, 4.69) is 5.10 Å². The summed E-state index contributed by atoms with van der Waals surface area (Å²) in [6, 6.07) is 4.67. The molecule has 1 aromatic heterocycles. The smallest absolute Gasteiger partial charge is 0.178 e. The van der Waals surface area contributed by atoms with E-state index in [-0.39, 0.29) is 17.1 Å². The monoisotopic (exact) mass is 269 g/mol. The van der Waals surface area contributed by atoms with Crippen molar-refractivity contribution in [1.82, 2.24) is 9.78 Å². The first kappa shape index (κ1) is 12.6. The van der Waals surface area contributed by atoms with Gasteiger partial charge in [-0.05, 0) is 6.07 Å². The molecule has 1 aromatic carbocycles. The Labute approximate surface area is 104 Å². The molecule has 0 saturated heterocycles. The van der Waals surface area contributed by atoms with E-state index < -0.39 is 15.7 Å². The number of sulfone groups is 1. The summed E-state index contributed by atoms with van der Waals surface area (Å²) in [5.74, 6) is -0.506. The van der Waals surface area contributed by atoms with Gasteiger partial charge in [0.2, 0.25) is 0 Å². The first-order valence-electron chi connectivity index (χ1n) is 5.13. The molecule has 0 unspecified atom stereocenters. The van der Waals surface area contributed by atoms with Crippen LogP contribution in [0.25, 0.3) is 0 Å². The zero-order valence-corrected chi connectivity index (χ0v) is 10.5. The third-order valence-electron chi connectivity index (χ3n) is 2.48. The Morgan fingerprint density at radius 3 is 2.78 bits per heavy atom. The number of benzene rings is 1. The molecule has 0 aliphatic carbocycles. The molecule has 0 fully saturated rings. The molecule has 2 N–H and O–H groups in total. The van der Waals surface area contributed by atoms with Crippen LogP contribution in [-0.4, -0.2) is 24.5 Å². The van der Waals surface area contributed by atoms with Crippen molar-refractivity contribution < 1.29 is 12.8 Å². The Morgan fingerprint density at radius 2 is 2.17 bits per heavy atom. The molecule has 2 rings (SSSR count). The van der Waals surface area contributed by atoms with Crippen LogP contribution < -0.4 is 5.73 Å². The van der Waals surface area contributed by atoms with E-state index in [4.69, 9.17) is 5.73 Å². The van der Waals surface area contributed by atoms with Crippen LogP contribution in [0.5, 0.6) is 0 Å². The lowest BCUT2D eigenvalue weighted by Gasteiger charge is -2.05. The summed E-state index contributed by atoms with van der Waals surface area (Å²) >= 11 is 0. The summed E-state index contributed by atoms with van der Waals surface area (Å²) in [6.45, 7) is 0.131. The molecular formula is C11H12FN3O2S. The van der Waals surface area contributed by atoms with Crippen molar-refractivity contribution in [2.45, 2.75) is 11.4 Å². The third-order valence-corrected chi connectivity index (χ3v) is 3.55. The van der Waals surface area contributed by atoms with Crippen molar-refractivity contribution >= 4 is 15.5 Å². The molecule has 18 heavy (non-hydrogen) atoms. The van der Waals surface area contributed by atoms with Gasteiger partial charge in [0.15, 0.2) is 15.7 Å². The highest BCUT2D eigenvalue weighted by molar-refractivity contribution is 7.90. The van der Waals surface area contributed by atoms with Crippen LogP contribution >= 0.6 is 0 Å². The fourth-order valence-corrected chi connectivity index (χ4v) is 2.07. The number of anilines is 1. The normalized spacial score (nSPS) is 11.7. The summed E-state index contributed by atoms with van der Waals surface area (Å²) in [6.07, 6.45) is 3.69. The molecule has 0 aliphatic rings. The van der Waals surface area contributed by atoms with Gasteiger partial charge in [-0.3, -0.25) is 4.68 Å². The molecule has 1 heterocycles. The first-order chi connectivity index (χ1) is 8.38. The molecule has 7 heteroatoms. The fourth-order valence-electron chi connectivity index (χ4n) is 1.52. The van der Waals surface area contributed by atoms with E-state index in [1.807, 2.05) is 0 Å². The van der Waals surface area contributed by atoms with Gasteiger partial charge in [0.25, 0.3) is 0 Å². The lowest BCUT2D eigenvalue weighted by Crippen LogP contribution is -2.04. The highest BCUT2D eigenvalue weighted by Crippen LogP contribution is 2.16. The van der Waals surface area contributed by atoms with Crippen LogP contribution in [0.4, 0.5) is 10.1 Å². The number of nitrogens with two attached hydrogens (primary N) is 1. The molecule has 0 radical (unpaired) electrons. The fraction of sp³-hybridized carbons (Fsp3) is 0.182. The molecule has 0 atom stereocenters. The minimum atomic E-state index is -3.29. The summed E-state index contributed by atoms with van der Waals surface area (Å²) in [4.78, 5) is 0.104. The van der Waals surface area contributed by atoms with Gasteiger partial charge in [0.05, 0.1) is 18.4 Å². The SMILES string of the molecule is CS(=O)(=O)c1cnn(Cc2cccc(N)c2F)c1. The molecule has 96 valence electrons. The van der Waals surface area contributed by atoms with Crippen LogP contribution in [0.2, 0.25) is 0 Å². The van der Waals surface area contributed by atoms with E-state index in [1.54, 1.807) is 12.1 Å². The van der Waals surface area contributed by atoms with Crippen molar-refractivity contribution in [3.63, 3.8) is 0 Å². The minimum absolute atomic E-state index is 0.0583. The molecule has 0 saturated carbocycles. The van der Waals surface area contributed by atoms with Crippen LogP contribution in [0.3, 0.4) is 0 Å². The predicted octanol–water partition coefficient (Wildman–Crippen LogP) is 1.06. The quantitative estimate of drug-likeness (QED) is 0.845. The Bertz CT molecular complexity index is 679. The summed E-state index contributed by atoms with van der Waals surface area (Å²) in [5, 5.41) is 3.88. The number of nitrogen functional groups attached to an aromatic ring is 1. The Morgan fingerprint density at radius 1 is 1.44 bits per heavy atom. The van der Waals surface area contributed by atoms with E-state index in [9.17, 15) is 12.8 Å². The number of nitrogens with zero attached hydrogens (tertiary/aromatic N) is 2. The van der Waals surface area contributed by atoms with E-state index in [0.29, 0.717) is 5.56 Å². The van der Waals surface area contributed by atoms with Gasteiger partial charge < -0.3 is 5.73 Å². The van der Waals surface area contributed by atoms with Crippen molar-refractivity contribution in [2.75, 3.05) is 12.0 Å². The molecular weight excluding hydrogens is 257 g/mol. The van der Waals surface area contributed by atoms with Crippen molar-refractivity contribution in [1.29, 1.82) is 0 Å². The van der Waals surface area contributed by atoms with Crippen LogP contribution in [0.1, 0.15) is 5.56 Å². The van der Waals surface area contributed by atoms with Gasteiger partial charge in [0, 0.05) is 18.0 Å². The second-order valence-corrected chi connectivity index (χ2v) is 5.98. The number of aromatic nitrogens is 2. The van der Waals surface area contributed by atoms with Gasteiger partial charge in [0.1, 0.15) is 4.90 Å². The minimum Gasteiger partial charge on any atom is -0.396 e. The Kier molecular flexibility index (Phi) is 3.08. The van der Waals surface area contributed by atoms with Gasteiger partial charge in [-0.15, -0.1) is 0 Å². The van der Waals surface area contributed by atoms with Gasteiger partial charge in [-0.2, -0.15) is 5.10 Å². The van der Waals surface area contributed by atoms with Crippen LogP contribution in [0.15, 0.2) is 35.5 Å². The average Bonchev–Trinajstić information content (AvgIpc) is 2.73. The van der Waals surface area contributed by atoms with Crippen LogP contribution in [-0.2, 0) is 16.4 Å². The highest BCUT2D eigenvalue weighted by Gasteiger charge is 2.11. The summed E-state index contributed by atoms with van der Waals surface area (Å²) in [7, 11) is -3.29. The van der Waals surface area contributed by atoms with E-state index >= 15 is 0 Å². The molecule has 0 bridgehead atoms. The first-order valence-corrected chi connectivity index (χ1v) is 7.02. The van der Waals surface area contributed by atoms with Gasteiger partial charge in [-0.1, -0.05) is 12.1 Å². The van der Waals surface area contributed by atoms with E-state index in [1.165, 1.54) is 23.1 Å². The standard InChI is InChI=1S/C11H12FN3O2S/c1-18(16,17)9-5-14-15(7-9)6-8-3-2-4-10(13)11(8)12/h2-5,7H,6,13H2,1H3. The second-order valence-electron chi connectivity index (χ2n) is 3.97. The summed E-state index contributed by atoms with van der Waals surface area (Å²) < 4.78 is 37.5. The predicted molar refractivity (Wildman–Crippen MR) is 65.3 cm³/mol. The third kappa shape index (κ3) is 2.51. The summed E-state index contributed by atoms with van der Waals surface area (Å²) in [5.41, 5.74) is 5.87. The second kappa shape index (κ2) is 4.41. The highest BCUT2D eigenvalue weighted by atomic mass is 32.2. The van der Waals surface area contributed by atoms with Crippen molar-refractivity contribution in [3.05, 3.63) is 42.0 Å². The number of hydrogen-bond donors (Lipinski definition) is 1. The zero-order chi connectivity index (χ0) is 13.3. The lowest BCUT2D eigenvalue weighted by atomic mass is 10.2. The van der Waals surface area contributed by atoms with Crippen LogP contribution in [0, 0.1) is 5.82 Å². The Balaban J connectivity index is 2.30. The average molecular weight is 269 g/mol.